The molecule has 0 atom stereocenters. The molecule has 0 saturated carbocycles. The lowest BCUT2D eigenvalue weighted by atomic mass is 10.3. The predicted molar refractivity (Wildman–Crippen MR) is 80.7 cm³/mol. The van der Waals surface area contributed by atoms with Gasteiger partial charge in [0.15, 0.2) is 5.16 Å². The van der Waals surface area contributed by atoms with Crippen LogP contribution in [-0.4, -0.2) is 33.0 Å². The third-order valence-electron chi connectivity index (χ3n) is 2.56. The molecule has 0 aromatic carbocycles. The number of hydrogen-bond donors (Lipinski definition) is 1. The Hall–Kier alpha value is -1.78. The molecule has 0 aliphatic rings. The minimum absolute atomic E-state index is 0.101. The number of nitrogens with one attached hydrogen (secondary N) is 1. The lowest BCUT2D eigenvalue weighted by Gasteiger charge is -2.03. The minimum atomic E-state index is -0.101. The van der Waals surface area contributed by atoms with Crippen molar-refractivity contribution in [2.45, 2.75) is 11.6 Å². The highest BCUT2D eigenvalue weighted by Gasteiger charge is 2.11. The topological polar surface area (TPSA) is 59.8 Å². The van der Waals surface area contributed by atoms with E-state index in [1.54, 1.807) is 11.3 Å². The molecule has 0 saturated heterocycles. The normalized spacial score (nSPS) is 10.2. The molecule has 0 bridgehead atoms. The fourth-order valence-electron chi connectivity index (χ4n) is 1.52. The largest absolute Gasteiger partial charge is 0.344 e. The first kappa shape index (κ1) is 14.6. The van der Waals surface area contributed by atoms with Gasteiger partial charge in [-0.3, -0.25) is 4.79 Å². The van der Waals surface area contributed by atoms with Crippen LogP contribution in [0.4, 0.5) is 0 Å². The molecule has 2 rings (SSSR count). The lowest BCUT2D eigenvalue weighted by molar-refractivity contribution is -0.118. The summed E-state index contributed by atoms with van der Waals surface area (Å²) in [4.78, 5) is 12.7. The van der Waals surface area contributed by atoms with E-state index in [0.717, 1.165) is 17.4 Å². The summed E-state index contributed by atoms with van der Waals surface area (Å²) in [5, 5.41) is 13.7. The van der Waals surface area contributed by atoms with Crippen molar-refractivity contribution in [1.82, 2.24) is 20.1 Å². The maximum absolute atomic E-state index is 11.5. The Morgan fingerprint density at radius 2 is 2.45 bits per heavy atom. The summed E-state index contributed by atoms with van der Waals surface area (Å²) in [6.07, 6.45) is 5.83. The van der Waals surface area contributed by atoms with Gasteiger partial charge in [0.05, 0.1) is 12.3 Å². The maximum Gasteiger partial charge on any atom is 0.231 e. The van der Waals surface area contributed by atoms with Gasteiger partial charge >= 0.3 is 0 Å². The predicted octanol–water partition coefficient (Wildman–Crippen LogP) is 1.31. The van der Waals surface area contributed by atoms with Gasteiger partial charge in [0.25, 0.3) is 0 Å². The van der Waals surface area contributed by atoms with E-state index in [2.05, 4.69) is 27.5 Å². The molecular weight excluding hydrogens is 292 g/mol. The van der Waals surface area contributed by atoms with Crippen LogP contribution >= 0.6 is 23.1 Å². The molecule has 0 spiro atoms. The van der Waals surface area contributed by atoms with Crippen LogP contribution in [0.25, 0.3) is 0 Å². The van der Waals surface area contributed by atoms with E-state index in [1.165, 1.54) is 16.6 Å². The number of thiophene rings is 1. The molecule has 20 heavy (non-hydrogen) atoms. The second-order valence-corrected chi connectivity index (χ2v) is 5.96. The zero-order valence-electron chi connectivity index (χ0n) is 11.0. The van der Waals surface area contributed by atoms with Crippen LogP contribution < -0.4 is 5.32 Å². The smallest absolute Gasteiger partial charge is 0.231 e. The van der Waals surface area contributed by atoms with Gasteiger partial charge in [-0.05, 0) is 11.4 Å². The molecule has 5 nitrogen and oxygen atoms in total. The molecular formula is C13H14N4OS2. The third kappa shape index (κ3) is 3.85. The van der Waals surface area contributed by atoms with E-state index < -0.39 is 0 Å². The van der Waals surface area contributed by atoms with Gasteiger partial charge in [-0.2, -0.15) is 0 Å². The van der Waals surface area contributed by atoms with Gasteiger partial charge in [0.1, 0.15) is 5.82 Å². The molecule has 0 aliphatic heterocycles. The van der Waals surface area contributed by atoms with Crippen LogP contribution in [0.5, 0.6) is 0 Å². The Labute approximate surface area is 125 Å². The van der Waals surface area contributed by atoms with Crippen molar-refractivity contribution in [2.24, 2.45) is 7.05 Å². The van der Waals surface area contributed by atoms with Gasteiger partial charge < -0.3 is 9.88 Å². The van der Waals surface area contributed by atoms with Crippen LogP contribution in [0.1, 0.15) is 10.7 Å². The number of carbonyl (C=O) groups is 1. The monoisotopic (exact) mass is 306 g/mol. The Kier molecular flexibility index (Phi) is 5.21. The number of amides is 1. The Bertz CT molecular complexity index is 613. The fourth-order valence-corrected chi connectivity index (χ4v) is 2.99. The second-order valence-electron chi connectivity index (χ2n) is 3.98. The highest BCUT2D eigenvalue weighted by Crippen LogP contribution is 2.18. The highest BCUT2D eigenvalue weighted by molar-refractivity contribution is 7.99. The molecule has 7 heteroatoms. The van der Waals surface area contributed by atoms with E-state index in [4.69, 9.17) is 6.42 Å². The Morgan fingerprint density at radius 1 is 1.60 bits per heavy atom. The summed E-state index contributed by atoms with van der Waals surface area (Å²) < 4.78 is 1.92. The third-order valence-corrected chi connectivity index (χ3v) is 4.45. The van der Waals surface area contributed by atoms with Crippen LogP contribution in [0.15, 0.2) is 22.7 Å². The van der Waals surface area contributed by atoms with Crippen molar-refractivity contribution in [1.29, 1.82) is 0 Å². The zero-order chi connectivity index (χ0) is 14.4. The number of terminal acetylenes is 1. The number of nitrogens with zero attached hydrogens (tertiary/aromatic N) is 3. The zero-order valence-corrected chi connectivity index (χ0v) is 12.6. The first-order valence-corrected chi connectivity index (χ1v) is 7.81. The summed E-state index contributed by atoms with van der Waals surface area (Å²) in [5.74, 6) is 3.43. The van der Waals surface area contributed by atoms with E-state index in [-0.39, 0.29) is 18.2 Å². The Morgan fingerprint density at radius 3 is 3.15 bits per heavy atom. The summed E-state index contributed by atoms with van der Waals surface area (Å²) in [7, 11) is 1.91. The van der Waals surface area contributed by atoms with E-state index in [9.17, 15) is 4.79 Å². The number of thioether (sulfide) groups is 1. The van der Waals surface area contributed by atoms with Crippen LogP contribution in [0.3, 0.4) is 0 Å². The average molecular weight is 306 g/mol. The molecule has 1 amide bonds. The minimum Gasteiger partial charge on any atom is -0.344 e. The molecule has 2 heterocycles. The molecule has 2 aromatic heterocycles. The quantitative estimate of drug-likeness (QED) is 0.646. The van der Waals surface area contributed by atoms with Crippen molar-refractivity contribution in [3.63, 3.8) is 0 Å². The summed E-state index contributed by atoms with van der Waals surface area (Å²) in [5.41, 5.74) is 0. The number of aromatic nitrogens is 3. The molecule has 104 valence electrons. The van der Waals surface area contributed by atoms with Crippen molar-refractivity contribution in [2.75, 3.05) is 12.3 Å². The van der Waals surface area contributed by atoms with E-state index in [1.807, 2.05) is 23.1 Å². The molecule has 0 unspecified atom stereocenters. The fraction of sp³-hybridized carbons (Fsp3) is 0.308. The number of hydrogen-bond acceptors (Lipinski definition) is 5. The second kappa shape index (κ2) is 7.12. The van der Waals surface area contributed by atoms with Crippen LogP contribution in [0.2, 0.25) is 0 Å². The van der Waals surface area contributed by atoms with Gasteiger partial charge in [0.2, 0.25) is 5.91 Å². The Balaban J connectivity index is 1.92. The summed E-state index contributed by atoms with van der Waals surface area (Å²) >= 11 is 3.04. The maximum atomic E-state index is 11.5. The van der Waals surface area contributed by atoms with Gasteiger partial charge in [-0.25, -0.2) is 0 Å². The lowest BCUT2D eigenvalue weighted by Crippen LogP contribution is -2.25. The van der Waals surface area contributed by atoms with Crippen molar-refractivity contribution in [3.05, 3.63) is 28.2 Å². The average Bonchev–Trinajstić information content (AvgIpc) is 3.06. The van der Waals surface area contributed by atoms with Crippen molar-refractivity contribution >= 4 is 29.0 Å². The first-order chi connectivity index (χ1) is 9.70. The number of carbonyl (C=O) groups excluding carboxylic acids is 1. The highest BCUT2D eigenvalue weighted by atomic mass is 32.2. The number of rotatable bonds is 6. The van der Waals surface area contributed by atoms with Crippen LogP contribution in [0, 0.1) is 12.3 Å². The molecule has 2 aromatic rings. The van der Waals surface area contributed by atoms with E-state index >= 15 is 0 Å². The molecule has 0 aliphatic carbocycles. The van der Waals surface area contributed by atoms with Gasteiger partial charge in [-0.15, -0.1) is 28.0 Å². The molecule has 1 N–H and O–H groups in total. The summed E-state index contributed by atoms with van der Waals surface area (Å²) in [6, 6.07) is 4.08. The molecule has 0 fully saturated rings. The SMILES string of the molecule is C#CCNC(=O)CSc1nnc(Cc2cccs2)n1C. The first-order valence-electron chi connectivity index (χ1n) is 5.94. The van der Waals surface area contributed by atoms with Gasteiger partial charge in [-0.1, -0.05) is 23.7 Å². The van der Waals surface area contributed by atoms with E-state index in [0.29, 0.717) is 0 Å². The van der Waals surface area contributed by atoms with Crippen LogP contribution in [-0.2, 0) is 18.3 Å². The summed E-state index contributed by atoms with van der Waals surface area (Å²) in [6.45, 7) is 0.252. The van der Waals surface area contributed by atoms with Gasteiger partial charge in [0, 0.05) is 18.3 Å². The standard InChI is InChI=1S/C13H14N4OS2/c1-3-6-14-12(18)9-20-13-16-15-11(17(13)2)8-10-5-4-7-19-10/h1,4-5,7H,6,8-9H2,2H3,(H,14,18). The molecule has 0 radical (unpaired) electrons. The van der Waals surface area contributed by atoms with Crippen molar-refractivity contribution < 1.29 is 4.79 Å². The van der Waals surface area contributed by atoms with Crippen molar-refractivity contribution in [3.8, 4) is 12.3 Å².